The number of anilines is 1. The Labute approximate surface area is 187 Å². The summed E-state index contributed by atoms with van der Waals surface area (Å²) in [5, 5.41) is 0.482. The number of para-hydroxylation sites is 1. The third-order valence-electron chi connectivity index (χ3n) is 6.05. The van der Waals surface area contributed by atoms with Gasteiger partial charge < -0.3 is 9.47 Å². The number of hydrogen-bond acceptors (Lipinski definition) is 4. The van der Waals surface area contributed by atoms with E-state index in [0.29, 0.717) is 40.6 Å². The van der Waals surface area contributed by atoms with E-state index in [1.165, 1.54) is 0 Å². The van der Waals surface area contributed by atoms with Crippen molar-refractivity contribution < 1.29 is 19.1 Å². The van der Waals surface area contributed by atoms with E-state index in [9.17, 15) is 9.59 Å². The number of rotatable bonds is 4. The van der Waals surface area contributed by atoms with Gasteiger partial charge in [0, 0.05) is 35.6 Å². The maximum absolute atomic E-state index is 13.5. The highest BCUT2D eigenvalue weighted by Gasteiger charge is 2.45. The second-order valence-electron chi connectivity index (χ2n) is 8.85. The van der Waals surface area contributed by atoms with Crippen LogP contribution >= 0.6 is 11.6 Å². The van der Waals surface area contributed by atoms with E-state index >= 15 is 0 Å². The number of carbonyl (C=O) groups excluding carboxylic acids is 2. The van der Waals surface area contributed by atoms with Crippen molar-refractivity contribution in [2.45, 2.75) is 39.0 Å². The van der Waals surface area contributed by atoms with Crippen LogP contribution in [0.2, 0.25) is 5.02 Å². The fourth-order valence-corrected chi connectivity index (χ4v) is 4.93. The maximum Gasteiger partial charge on any atom is 0.232 e. The Bertz CT molecular complexity index is 1090. The molecule has 6 heteroatoms. The lowest BCUT2D eigenvalue weighted by molar-refractivity contribution is -0.121. The summed E-state index contributed by atoms with van der Waals surface area (Å²) in [6.45, 7) is 4.11. The SMILES string of the molecule is COc1ccc(OC)c([C@@H]2CC(=O)N(c3ccccc3Cl)C3=C2C(=O)CC(C)(C)C3)c1. The fourth-order valence-electron chi connectivity index (χ4n) is 4.71. The fraction of sp³-hybridized carbons (Fsp3) is 0.360. The van der Waals surface area contributed by atoms with Gasteiger partial charge >= 0.3 is 0 Å². The standard InChI is InChI=1S/C25H26ClNO4/c1-25(2)13-20-24(21(28)14-25)17(16-11-15(30-3)9-10-22(16)31-4)12-23(29)27(20)19-8-6-5-7-18(19)26/h5-11,17H,12-14H2,1-4H3/t17-/m0/s1. The number of carbonyl (C=O) groups is 2. The first-order chi connectivity index (χ1) is 14.8. The quantitative estimate of drug-likeness (QED) is 0.629. The van der Waals surface area contributed by atoms with Crippen LogP contribution in [0.15, 0.2) is 53.7 Å². The summed E-state index contributed by atoms with van der Waals surface area (Å²) in [6.07, 6.45) is 1.19. The van der Waals surface area contributed by atoms with Crippen molar-refractivity contribution >= 4 is 29.0 Å². The zero-order valence-electron chi connectivity index (χ0n) is 18.2. The lowest BCUT2D eigenvalue weighted by atomic mass is 9.69. The molecule has 1 heterocycles. The molecule has 4 rings (SSSR count). The van der Waals surface area contributed by atoms with Gasteiger partial charge in [-0.1, -0.05) is 37.6 Å². The average Bonchev–Trinajstić information content (AvgIpc) is 2.72. The first-order valence-electron chi connectivity index (χ1n) is 10.3. The normalized spacial score (nSPS) is 20.5. The molecule has 2 aliphatic rings. The number of halogens is 1. The monoisotopic (exact) mass is 439 g/mol. The van der Waals surface area contributed by atoms with Crippen molar-refractivity contribution in [3.05, 3.63) is 64.3 Å². The minimum atomic E-state index is -0.394. The van der Waals surface area contributed by atoms with Crippen LogP contribution < -0.4 is 14.4 Å². The highest BCUT2D eigenvalue weighted by atomic mass is 35.5. The molecular weight excluding hydrogens is 414 g/mol. The van der Waals surface area contributed by atoms with Crippen LogP contribution in [0, 0.1) is 5.41 Å². The molecular formula is C25H26ClNO4. The average molecular weight is 440 g/mol. The second-order valence-corrected chi connectivity index (χ2v) is 9.25. The number of allylic oxidation sites excluding steroid dienone is 2. The van der Waals surface area contributed by atoms with E-state index in [0.717, 1.165) is 11.3 Å². The van der Waals surface area contributed by atoms with Crippen LogP contribution in [0.25, 0.3) is 0 Å². The lowest BCUT2D eigenvalue weighted by Crippen LogP contribution is -2.43. The molecule has 0 aromatic heterocycles. The second kappa shape index (κ2) is 8.04. The first-order valence-corrected chi connectivity index (χ1v) is 10.7. The summed E-state index contributed by atoms with van der Waals surface area (Å²) in [7, 11) is 3.18. The van der Waals surface area contributed by atoms with Gasteiger partial charge in [0.15, 0.2) is 5.78 Å². The Kier molecular flexibility index (Phi) is 5.56. The number of ketones is 1. The molecule has 2 aromatic carbocycles. The molecule has 31 heavy (non-hydrogen) atoms. The zero-order valence-corrected chi connectivity index (χ0v) is 19.0. The minimum Gasteiger partial charge on any atom is -0.497 e. The van der Waals surface area contributed by atoms with Gasteiger partial charge in [-0.3, -0.25) is 14.5 Å². The molecule has 5 nitrogen and oxygen atoms in total. The van der Waals surface area contributed by atoms with Gasteiger partial charge in [0.1, 0.15) is 11.5 Å². The summed E-state index contributed by atoms with van der Waals surface area (Å²) >= 11 is 6.46. The minimum absolute atomic E-state index is 0.0608. The van der Waals surface area contributed by atoms with Crippen LogP contribution in [-0.4, -0.2) is 25.9 Å². The molecule has 1 aliphatic carbocycles. The van der Waals surface area contributed by atoms with E-state index < -0.39 is 5.92 Å². The Hall–Kier alpha value is -2.79. The van der Waals surface area contributed by atoms with E-state index in [1.54, 1.807) is 25.2 Å². The van der Waals surface area contributed by atoms with Crippen LogP contribution in [0.5, 0.6) is 11.5 Å². The highest BCUT2D eigenvalue weighted by molar-refractivity contribution is 6.34. The van der Waals surface area contributed by atoms with Crippen molar-refractivity contribution in [3.8, 4) is 11.5 Å². The number of ether oxygens (including phenoxy) is 2. The van der Waals surface area contributed by atoms with E-state index in [2.05, 4.69) is 13.8 Å². The Morgan fingerprint density at radius 3 is 2.45 bits per heavy atom. The molecule has 1 atom stereocenters. The number of hydrogen-bond donors (Lipinski definition) is 0. The van der Waals surface area contributed by atoms with Crippen LogP contribution in [0.3, 0.4) is 0 Å². The topological polar surface area (TPSA) is 55.8 Å². The molecule has 0 bridgehead atoms. The van der Waals surface area contributed by atoms with Gasteiger partial charge in [0.05, 0.1) is 24.9 Å². The van der Waals surface area contributed by atoms with Crippen LogP contribution in [-0.2, 0) is 9.59 Å². The van der Waals surface area contributed by atoms with Crippen molar-refractivity contribution in [1.29, 1.82) is 0 Å². The van der Waals surface area contributed by atoms with Crippen molar-refractivity contribution in [3.63, 3.8) is 0 Å². The largest absolute Gasteiger partial charge is 0.497 e. The molecule has 1 aliphatic heterocycles. The molecule has 0 saturated carbocycles. The molecule has 0 spiro atoms. The summed E-state index contributed by atoms with van der Waals surface area (Å²) in [4.78, 5) is 28.6. The van der Waals surface area contributed by atoms with E-state index in [4.69, 9.17) is 21.1 Å². The van der Waals surface area contributed by atoms with Crippen molar-refractivity contribution in [1.82, 2.24) is 0 Å². The number of benzene rings is 2. The van der Waals surface area contributed by atoms with Gasteiger partial charge in [0.2, 0.25) is 5.91 Å². The Balaban J connectivity index is 1.95. The number of amides is 1. The van der Waals surface area contributed by atoms with E-state index in [1.807, 2.05) is 36.4 Å². The number of nitrogens with zero attached hydrogens (tertiary/aromatic N) is 1. The number of Topliss-reactive ketones (excluding diaryl/α,β-unsaturated/α-hetero) is 1. The summed E-state index contributed by atoms with van der Waals surface area (Å²) in [6, 6.07) is 12.7. The Morgan fingerprint density at radius 2 is 1.77 bits per heavy atom. The predicted octanol–water partition coefficient (Wildman–Crippen LogP) is 5.52. The maximum atomic E-state index is 13.5. The molecule has 0 N–H and O–H groups in total. The summed E-state index contributed by atoms with van der Waals surface area (Å²) < 4.78 is 11.0. The van der Waals surface area contributed by atoms with Gasteiger partial charge in [-0.2, -0.15) is 0 Å². The summed E-state index contributed by atoms with van der Waals surface area (Å²) in [5.41, 5.74) is 2.56. The number of methoxy groups -OCH3 is 2. The molecule has 1 amide bonds. The smallest absolute Gasteiger partial charge is 0.232 e. The molecule has 0 unspecified atom stereocenters. The third-order valence-corrected chi connectivity index (χ3v) is 6.37. The van der Waals surface area contributed by atoms with Gasteiger partial charge in [0.25, 0.3) is 0 Å². The zero-order chi connectivity index (χ0) is 22.3. The molecule has 162 valence electrons. The molecule has 0 fully saturated rings. The molecule has 2 aromatic rings. The third kappa shape index (κ3) is 3.83. The van der Waals surface area contributed by atoms with E-state index in [-0.39, 0.29) is 23.5 Å². The van der Waals surface area contributed by atoms with Crippen LogP contribution in [0.4, 0.5) is 5.69 Å². The van der Waals surface area contributed by atoms with Crippen LogP contribution in [0.1, 0.15) is 44.6 Å². The highest BCUT2D eigenvalue weighted by Crippen LogP contribution is 2.50. The Morgan fingerprint density at radius 1 is 1.03 bits per heavy atom. The lowest BCUT2D eigenvalue weighted by Gasteiger charge is -2.43. The van der Waals surface area contributed by atoms with Gasteiger partial charge in [-0.05, 0) is 42.2 Å². The summed E-state index contributed by atoms with van der Waals surface area (Å²) in [5.74, 6) is 0.865. The molecule has 0 radical (unpaired) electrons. The van der Waals surface area contributed by atoms with Gasteiger partial charge in [-0.25, -0.2) is 0 Å². The van der Waals surface area contributed by atoms with Crippen molar-refractivity contribution in [2.24, 2.45) is 5.41 Å². The van der Waals surface area contributed by atoms with Gasteiger partial charge in [-0.15, -0.1) is 0 Å². The van der Waals surface area contributed by atoms with Crippen molar-refractivity contribution in [2.75, 3.05) is 19.1 Å². The predicted molar refractivity (Wildman–Crippen MR) is 121 cm³/mol. The molecule has 0 saturated heterocycles. The first kappa shape index (κ1) is 21.4.